The van der Waals surface area contributed by atoms with Crippen LogP contribution in [0.15, 0.2) is 54.7 Å². The number of halogens is 2. The summed E-state index contributed by atoms with van der Waals surface area (Å²) in [6.07, 6.45) is 8.17. The average Bonchev–Trinajstić information content (AvgIpc) is 3.41. The lowest BCUT2D eigenvalue weighted by atomic mass is 9.74. The highest BCUT2D eigenvalue weighted by Crippen LogP contribution is 2.47. The minimum absolute atomic E-state index is 0.169. The van der Waals surface area contributed by atoms with Gasteiger partial charge in [-0.2, -0.15) is 0 Å². The Balaban J connectivity index is 1.51. The maximum absolute atomic E-state index is 13.6. The van der Waals surface area contributed by atoms with Crippen molar-refractivity contribution in [3.8, 4) is 0 Å². The van der Waals surface area contributed by atoms with Crippen LogP contribution in [-0.2, 0) is 12.0 Å². The number of carbonyl (C=O) groups excluding carboxylic acids is 1. The van der Waals surface area contributed by atoms with Crippen molar-refractivity contribution in [1.82, 2.24) is 15.3 Å². The van der Waals surface area contributed by atoms with Crippen LogP contribution < -0.4 is 10.2 Å². The highest BCUT2D eigenvalue weighted by Gasteiger charge is 2.42. The second-order valence-electron chi connectivity index (χ2n) is 10.2. The van der Waals surface area contributed by atoms with Crippen LogP contribution in [0.5, 0.6) is 0 Å². The van der Waals surface area contributed by atoms with E-state index in [1.165, 1.54) is 5.56 Å². The average molecular weight is 524 g/mol. The summed E-state index contributed by atoms with van der Waals surface area (Å²) in [5, 5.41) is 4.04. The number of rotatable bonds is 6. The van der Waals surface area contributed by atoms with E-state index in [4.69, 9.17) is 33.2 Å². The van der Waals surface area contributed by atoms with Crippen molar-refractivity contribution in [2.24, 2.45) is 5.92 Å². The number of nitrogens with one attached hydrogen (secondary N) is 1. The van der Waals surface area contributed by atoms with Gasteiger partial charge in [0.1, 0.15) is 0 Å². The Hall–Kier alpha value is -2.63. The molecule has 36 heavy (non-hydrogen) atoms. The zero-order chi connectivity index (χ0) is 25.1. The van der Waals surface area contributed by atoms with Gasteiger partial charge in [-0.3, -0.25) is 4.79 Å². The summed E-state index contributed by atoms with van der Waals surface area (Å²) in [5.41, 5.74) is 3.21. The Morgan fingerprint density at radius 2 is 1.78 bits per heavy atom. The Kier molecular flexibility index (Phi) is 7.49. The van der Waals surface area contributed by atoms with Gasteiger partial charge in [-0.25, -0.2) is 9.97 Å². The summed E-state index contributed by atoms with van der Waals surface area (Å²) >= 11 is 12.2. The van der Waals surface area contributed by atoms with E-state index in [2.05, 4.69) is 41.4 Å². The Morgan fingerprint density at radius 1 is 1.06 bits per heavy atom. The fraction of sp³-hybridized carbons (Fsp3) is 0.414. The molecule has 1 saturated carbocycles. The number of hydrogen-bond donors (Lipinski definition) is 1. The zero-order valence-electron chi connectivity index (χ0n) is 20.6. The molecule has 0 atom stereocenters. The van der Waals surface area contributed by atoms with Crippen LogP contribution in [0.2, 0.25) is 10.0 Å². The Labute approximate surface area is 223 Å². The van der Waals surface area contributed by atoms with Gasteiger partial charge in [0, 0.05) is 31.2 Å². The summed E-state index contributed by atoms with van der Waals surface area (Å²) in [5.74, 6) is 1.29. The van der Waals surface area contributed by atoms with E-state index in [-0.39, 0.29) is 11.3 Å². The van der Waals surface area contributed by atoms with Gasteiger partial charge in [-0.15, -0.1) is 0 Å². The maximum Gasteiger partial charge on any atom is 0.255 e. The van der Waals surface area contributed by atoms with E-state index in [9.17, 15) is 4.79 Å². The first-order chi connectivity index (χ1) is 17.5. The first-order valence-corrected chi connectivity index (χ1v) is 13.6. The van der Waals surface area contributed by atoms with Gasteiger partial charge in [0.2, 0.25) is 5.95 Å². The van der Waals surface area contributed by atoms with Crippen LogP contribution in [0.1, 0.15) is 72.6 Å². The molecular weight excluding hydrogens is 491 g/mol. The lowest BCUT2D eigenvalue weighted by molar-refractivity contribution is 0.0947. The molecule has 1 aliphatic carbocycles. The predicted octanol–water partition coefficient (Wildman–Crippen LogP) is 6.81. The van der Waals surface area contributed by atoms with Gasteiger partial charge >= 0.3 is 0 Å². The monoisotopic (exact) mass is 522 g/mol. The highest BCUT2D eigenvalue weighted by molar-refractivity contribution is 6.42. The van der Waals surface area contributed by atoms with Gasteiger partial charge in [-0.05, 0) is 54.9 Å². The van der Waals surface area contributed by atoms with Crippen LogP contribution in [0, 0.1) is 5.92 Å². The number of amides is 1. The molecule has 7 heteroatoms. The van der Waals surface area contributed by atoms with Crippen LogP contribution in [-0.4, -0.2) is 29.0 Å². The van der Waals surface area contributed by atoms with E-state index in [1.54, 1.807) is 18.3 Å². The molecule has 0 spiro atoms. The maximum atomic E-state index is 13.6. The molecule has 2 aliphatic rings. The third-order valence-electron chi connectivity index (χ3n) is 7.76. The SMILES string of the molecule is CC1CCN(c2ncc(C(=O)NCc3ccc(Cl)c(Cl)c3)c(C3(c4ccccc4)CCCC3)n2)CC1. The molecule has 0 unspecified atom stereocenters. The number of benzene rings is 2. The molecular formula is C29H32Cl2N4O. The smallest absolute Gasteiger partial charge is 0.255 e. The topological polar surface area (TPSA) is 58.1 Å². The molecule has 1 amide bonds. The fourth-order valence-electron chi connectivity index (χ4n) is 5.59. The number of piperidine rings is 1. The molecule has 1 N–H and O–H groups in total. The Morgan fingerprint density at radius 3 is 2.47 bits per heavy atom. The molecule has 0 bridgehead atoms. The van der Waals surface area contributed by atoms with Crippen molar-refractivity contribution in [3.63, 3.8) is 0 Å². The summed E-state index contributed by atoms with van der Waals surface area (Å²) < 4.78 is 0. The number of aromatic nitrogens is 2. The van der Waals surface area contributed by atoms with Crippen molar-refractivity contribution in [2.45, 2.75) is 57.4 Å². The van der Waals surface area contributed by atoms with Crippen LogP contribution in [0.3, 0.4) is 0 Å². The molecule has 5 rings (SSSR count). The van der Waals surface area contributed by atoms with Gasteiger partial charge in [0.15, 0.2) is 0 Å². The molecule has 188 valence electrons. The second-order valence-corrected chi connectivity index (χ2v) is 11.0. The molecule has 1 aromatic heterocycles. The molecule has 3 aromatic rings. The summed E-state index contributed by atoms with van der Waals surface area (Å²) in [6, 6.07) is 15.9. The molecule has 2 fully saturated rings. The molecule has 5 nitrogen and oxygen atoms in total. The first kappa shape index (κ1) is 25.0. The highest BCUT2D eigenvalue weighted by atomic mass is 35.5. The van der Waals surface area contributed by atoms with Crippen molar-refractivity contribution < 1.29 is 4.79 Å². The summed E-state index contributed by atoms with van der Waals surface area (Å²) in [4.78, 5) is 25.7. The lowest BCUT2D eigenvalue weighted by Crippen LogP contribution is -2.37. The third-order valence-corrected chi connectivity index (χ3v) is 8.50. The largest absolute Gasteiger partial charge is 0.348 e. The number of anilines is 1. The number of hydrogen-bond acceptors (Lipinski definition) is 4. The van der Waals surface area contributed by atoms with Gasteiger partial charge < -0.3 is 10.2 Å². The van der Waals surface area contributed by atoms with Gasteiger partial charge in [0.05, 0.1) is 21.3 Å². The normalized spacial score (nSPS) is 17.8. The van der Waals surface area contributed by atoms with E-state index in [0.717, 1.165) is 74.7 Å². The van der Waals surface area contributed by atoms with E-state index in [0.29, 0.717) is 22.2 Å². The van der Waals surface area contributed by atoms with Crippen molar-refractivity contribution in [3.05, 3.63) is 87.2 Å². The van der Waals surface area contributed by atoms with Gasteiger partial charge in [-0.1, -0.05) is 79.4 Å². The van der Waals surface area contributed by atoms with E-state index >= 15 is 0 Å². The second kappa shape index (κ2) is 10.8. The lowest BCUT2D eigenvalue weighted by Gasteiger charge is -2.34. The number of nitrogens with zero attached hydrogens (tertiary/aromatic N) is 3. The van der Waals surface area contributed by atoms with Gasteiger partial charge in [0.25, 0.3) is 5.91 Å². The van der Waals surface area contributed by atoms with E-state index in [1.807, 2.05) is 12.1 Å². The molecule has 2 aromatic carbocycles. The predicted molar refractivity (Wildman–Crippen MR) is 146 cm³/mol. The minimum Gasteiger partial charge on any atom is -0.348 e. The van der Waals surface area contributed by atoms with Crippen molar-refractivity contribution in [1.29, 1.82) is 0 Å². The standard InChI is InChI=1S/C29H32Cl2N4O/c1-20-11-15-35(16-12-20)28-33-19-23(27(36)32-18-21-9-10-24(30)25(31)17-21)26(34-28)29(13-5-6-14-29)22-7-3-2-4-8-22/h2-4,7-10,17,19-20H,5-6,11-16,18H2,1H3,(H,32,36). The Bertz CT molecular complexity index is 1220. The molecule has 0 radical (unpaired) electrons. The van der Waals surface area contributed by atoms with Crippen molar-refractivity contribution in [2.75, 3.05) is 18.0 Å². The van der Waals surface area contributed by atoms with Crippen LogP contribution in [0.25, 0.3) is 0 Å². The van der Waals surface area contributed by atoms with E-state index < -0.39 is 0 Å². The van der Waals surface area contributed by atoms with Crippen LogP contribution >= 0.6 is 23.2 Å². The zero-order valence-corrected chi connectivity index (χ0v) is 22.2. The van der Waals surface area contributed by atoms with Crippen LogP contribution in [0.4, 0.5) is 5.95 Å². The summed E-state index contributed by atoms with van der Waals surface area (Å²) in [7, 11) is 0. The quantitative estimate of drug-likeness (QED) is 0.386. The first-order valence-electron chi connectivity index (χ1n) is 12.9. The molecule has 1 aliphatic heterocycles. The fourth-order valence-corrected chi connectivity index (χ4v) is 5.91. The summed E-state index contributed by atoms with van der Waals surface area (Å²) in [6.45, 7) is 4.54. The molecule has 2 heterocycles. The third kappa shape index (κ3) is 5.09. The van der Waals surface area contributed by atoms with Crippen molar-refractivity contribution >= 4 is 35.1 Å². The number of carbonyl (C=O) groups is 1. The molecule has 1 saturated heterocycles. The minimum atomic E-state index is -0.293.